The Morgan fingerprint density at radius 1 is 1.11 bits per heavy atom. The van der Waals surface area contributed by atoms with Crippen molar-refractivity contribution in [3.63, 3.8) is 0 Å². The summed E-state index contributed by atoms with van der Waals surface area (Å²) >= 11 is 0. The Labute approximate surface area is 109 Å². The molecule has 0 spiro atoms. The highest BCUT2D eigenvalue weighted by Gasteiger charge is 2.08. The van der Waals surface area contributed by atoms with Crippen LogP contribution in [-0.2, 0) is 0 Å². The predicted molar refractivity (Wildman–Crippen MR) is 81.2 cm³/mol. The molecule has 0 bridgehead atoms. The molecule has 1 aliphatic carbocycles. The van der Waals surface area contributed by atoms with Gasteiger partial charge in [0, 0.05) is 0 Å². The zero-order chi connectivity index (χ0) is 12.8. The highest BCUT2D eigenvalue weighted by molar-refractivity contribution is 5.87. The normalized spacial score (nSPS) is 15.1. The summed E-state index contributed by atoms with van der Waals surface area (Å²) < 4.78 is 0. The van der Waals surface area contributed by atoms with E-state index in [9.17, 15) is 0 Å². The number of hydrogen-bond acceptors (Lipinski definition) is 0. The predicted octanol–water partition coefficient (Wildman–Crippen LogP) is 5.18. The fourth-order valence-electron chi connectivity index (χ4n) is 2.19. The fraction of sp³-hybridized carbons (Fsp3) is 0.111. The molecular weight excluding hydrogens is 216 g/mol. The molecule has 0 heteroatoms. The molecule has 0 saturated heterocycles. The lowest BCUT2D eigenvalue weighted by molar-refractivity contribution is 1.04. The quantitative estimate of drug-likeness (QED) is 0.630. The molecular formula is C18H18. The van der Waals surface area contributed by atoms with Crippen LogP contribution in [0.3, 0.4) is 0 Å². The van der Waals surface area contributed by atoms with Crippen LogP contribution in [0.2, 0.25) is 0 Å². The maximum absolute atomic E-state index is 3.89. The van der Waals surface area contributed by atoms with Crippen LogP contribution in [0.4, 0.5) is 0 Å². The van der Waals surface area contributed by atoms with Gasteiger partial charge in [-0.05, 0) is 35.1 Å². The van der Waals surface area contributed by atoms with Crippen molar-refractivity contribution in [1.82, 2.24) is 0 Å². The van der Waals surface area contributed by atoms with Gasteiger partial charge in [-0.25, -0.2) is 0 Å². The summed E-state index contributed by atoms with van der Waals surface area (Å²) in [6, 6.07) is 8.44. The van der Waals surface area contributed by atoms with Crippen molar-refractivity contribution in [3.05, 3.63) is 85.0 Å². The van der Waals surface area contributed by atoms with Crippen molar-refractivity contribution < 1.29 is 0 Å². The number of rotatable bonds is 4. The molecule has 0 N–H and O–H groups in total. The fourth-order valence-corrected chi connectivity index (χ4v) is 2.19. The van der Waals surface area contributed by atoms with E-state index in [1.54, 1.807) is 6.08 Å². The molecule has 0 saturated carbocycles. The van der Waals surface area contributed by atoms with Gasteiger partial charge in [-0.1, -0.05) is 73.9 Å². The van der Waals surface area contributed by atoms with Crippen molar-refractivity contribution in [3.8, 4) is 0 Å². The van der Waals surface area contributed by atoms with Crippen molar-refractivity contribution >= 4 is 11.1 Å². The summed E-state index contributed by atoms with van der Waals surface area (Å²) in [5.74, 6) is 0. The Kier molecular flexibility index (Phi) is 4.14. The van der Waals surface area contributed by atoms with E-state index in [0.717, 1.165) is 18.4 Å². The third-order valence-electron chi connectivity index (χ3n) is 3.06. The van der Waals surface area contributed by atoms with Gasteiger partial charge in [-0.15, -0.1) is 0 Å². The second kappa shape index (κ2) is 6.02. The first-order chi connectivity index (χ1) is 8.86. The largest absolute Gasteiger partial charge is 0.0990 e. The van der Waals surface area contributed by atoms with E-state index in [4.69, 9.17) is 0 Å². The van der Waals surface area contributed by atoms with Gasteiger partial charge in [0.15, 0.2) is 0 Å². The van der Waals surface area contributed by atoms with Gasteiger partial charge in [-0.3, -0.25) is 0 Å². The molecule has 0 heterocycles. The van der Waals surface area contributed by atoms with Crippen LogP contribution in [0.15, 0.2) is 73.9 Å². The van der Waals surface area contributed by atoms with Crippen LogP contribution in [0.5, 0.6) is 0 Å². The third-order valence-corrected chi connectivity index (χ3v) is 3.06. The zero-order valence-electron chi connectivity index (χ0n) is 10.6. The molecule has 0 amide bonds. The Balaban J connectivity index is 2.52. The average molecular weight is 234 g/mol. The smallest absolute Gasteiger partial charge is 0.0106 e. The van der Waals surface area contributed by atoms with Gasteiger partial charge < -0.3 is 0 Å². The second-order valence-electron chi connectivity index (χ2n) is 4.25. The van der Waals surface area contributed by atoms with Gasteiger partial charge >= 0.3 is 0 Å². The summed E-state index contributed by atoms with van der Waals surface area (Å²) in [4.78, 5) is 0. The van der Waals surface area contributed by atoms with Gasteiger partial charge in [0.2, 0.25) is 0 Å². The van der Waals surface area contributed by atoms with Crippen molar-refractivity contribution in [2.24, 2.45) is 0 Å². The highest BCUT2D eigenvalue weighted by atomic mass is 14.1. The van der Waals surface area contributed by atoms with Crippen LogP contribution >= 0.6 is 0 Å². The van der Waals surface area contributed by atoms with Crippen molar-refractivity contribution in [1.29, 1.82) is 0 Å². The third kappa shape index (κ3) is 2.60. The number of hydrogen-bond donors (Lipinski definition) is 0. The van der Waals surface area contributed by atoms with Gasteiger partial charge in [0.1, 0.15) is 0 Å². The standard InChI is InChI=1S/C18H18/c1-3-10-15(4-2)17-13-8-9-14-18(17)16-11-6-5-7-12-16/h3-4,6,8-14H,1-2,5,7H2/b15-10+. The van der Waals surface area contributed by atoms with E-state index in [1.165, 1.54) is 16.7 Å². The molecule has 18 heavy (non-hydrogen) atoms. The second-order valence-corrected chi connectivity index (χ2v) is 4.25. The maximum atomic E-state index is 3.89. The summed E-state index contributed by atoms with van der Waals surface area (Å²) in [6.45, 7) is 7.65. The van der Waals surface area contributed by atoms with E-state index in [0.29, 0.717) is 0 Å². The summed E-state index contributed by atoms with van der Waals surface area (Å²) in [6.07, 6.45) is 14.7. The van der Waals surface area contributed by atoms with Crippen LogP contribution in [0, 0.1) is 0 Å². The first-order valence-electron chi connectivity index (χ1n) is 6.28. The topological polar surface area (TPSA) is 0 Å². The van der Waals surface area contributed by atoms with Crippen molar-refractivity contribution in [2.45, 2.75) is 12.8 Å². The van der Waals surface area contributed by atoms with E-state index in [2.05, 4.69) is 55.7 Å². The molecule has 0 nitrogen and oxygen atoms in total. The van der Waals surface area contributed by atoms with Gasteiger partial charge in [0.05, 0.1) is 0 Å². The summed E-state index contributed by atoms with van der Waals surface area (Å²) in [5, 5.41) is 0. The first-order valence-corrected chi connectivity index (χ1v) is 6.28. The highest BCUT2D eigenvalue weighted by Crippen LogP contribution is 2.29. The molecule has 0 fully saturated rings. The SMILES string of the molecule is C=C/C=C(\C=C)c1ccccc1C1=CCCC=C1. The lowest BCUT2D eigenvalue weighted by atomic mass is 9.91. The van der Waals surface area contributed by atoms with E-state index < -0.39 is 0 Å². The molecule has 0 radical (unpaired) electrons. The minimum Gasteiger partial charge on any atom is -0.0990 e. The minimum atomic E-state index is 1.11. The lowest BCUT2D eigenvalue weighted by Gasteiger charge is -2.13. The van der Waals surface area contributed by atoms with Crippen LogP contribution in [0.1, 0.15) is 24.0 Å². The summed E-state index contributed by atoms with van der Waals surface area (Å²) in [5.41, 5.74) is 4.89. The van der Waals surface area contributed by atoms with E-state index >= 15 is 0 Å². The summed E-state index contributed by atoms with van der Waals surface area (Å²) in [7, 11) is 0. The Morgan fingerprint density at radius 2 is 1.94 bits per heavy atom. The first kappa shape index (κ1) is 12.4. The Bertz CT molecular complexity index is 539. The van der Waals surface area contributed by atoms with Crippen LogP contribution < -0.4 is 0 Å². The molecule has 0 unspecified atom stereocenters. The molecule has 1 aromatic rings. The number of allylic oxidation sites excluding steroid dienone is 8. The van der Waals surface area contributed by atoms with E-state index in [1.807, 2.05) is 12.2 Å². The average Bonchev–Trinajstić information content (AvgIpc) is 2.46. The molecule has 90 valence electrons. The van der Waals surface area contributed by atoms with Crippen molar-refractivity contribution in [2.75, 3.05) is 0 Å². The minimum absolute atomic E-state index is 1.11. The molecule has 0 atom stereocenters. The monoisotopic (exact) mass is 234 g/mol. The molecule has 0 aromatic heterocycles. The molecule has 1 aliphatic rings. The van der Waals surface area contributed by atoms with E-state index in [-0.39, 0.29) is 0 Å². The Morgan fingerprint density at radius 3 is 2.61 bits per heavy atom. The number of benzene rings is 1. The van der Waals surface area contributed by atoms with Crippen LogP contribution in [-0.4, -0.2) is 0 Å². The molecule has 2 rings (SSSR count). The van der Waals surface area contributed by atoms with Crippen LogP contribution in [0.25, 0.3) is 11.1 Å². The van der Waals surface area contributed by atoms with Gasteiger partial charge in [0.25, 0.3) is 0 Å². The maximum Gasteiger partial charge on any atom is -0.0106 e. The molecule has 0 aliphatic heterocycles. The molecule has 1 aromatic carbocycles. The van der Waals surface area contributed by atoms with Gasteiger partial charge in [-0.2, -0.15) is 0 Å². The zero-order valence-corrected chi connectivity index (χ0v) is 10.6. The Hall–Kier alpha value is -2.08. The lowest BCUT2D eigenvalue weighted by Crippen LogP contribution is -1.92.